The highest BCUT2D eigenvalue weighted by Crippen LogP contribution is 2.43. The zero-order valence-electron chi connectivity index (χ0n) is 92.8. The van der Waals surface area contributed by atoms with E-state index in [0.29, 0.717) is 67.4 Å². The Labute approximate surface area is 870 Å². The summed E-state index contributed by atoms with van der Waals surface area (Å²) < 4.78 is 103. The maximum Gasteiger partial charge on any atom is 0.270 e. The number of rotatable bonds is 42. The second-order valence-corrected chi connectivity index (χ2v) is 51.5. The lowest BCUT2D eigenvalue weighted by atomic mass is 9.81. The molecule has 1 aliphatic carbocycles. The van der Waals surface area contributed by atoms with Crippen LogP contribution in [0.1, 0.15) is 385 Å². The molecule has 2 unspecified atom stereocenters. The molecule has 5 aliphatic rings. The average Bonchev–Trinajstić information content (AvgIpc) is 1.35. The molecule has 12 rings (SSSR count). The van der Waals surface area contributed by atoms with Crippen LogP contribution in [0, 0.1) is 0 Å². The van der Waals surface area contributed by atoms with E-state index in [9.17, 15) is 34.4 Å². The number of nitrogens with one attached hydrogen (secondary N) is 7. The summed E-state index contributed by atoms with van der Waals surface area (Å²) in [7, 11) is -7.13. The number of primary sulfonamides is 1. The lowest BCUT2D eigenvalue weighted by molar-refractivity contribution is 0.0867. The van der Waals surface area contributed by atoms with Crippen molar-refractivity contribution in [3.05, 3.63) is 239 Å². The molecule has 4 aliphatic heterocycles. The van der Waals surface area contributed by atoms with Gasteiger partial charge in [-0.1, -0.05) is 249 Å². The number of nitrogens with two attached hydrogens (primary N) is 8. The zero-order chi connectivity index (χ0) is 107. The minimum Gasteiger partial charge on any atom is -0.330 e. The molecule has 25 heteroatoms. The van der Waals surface area contributed by atoms with Gasteiger partial charge in [-0.3, -0.25) is 5.32 Å². The Kier molecular flexibility index (Phi) is 52.3. The minimum atomic E-state index is -3.66. The second-order valence-electron chi connectivity index (χ2n) is 48.2. The van der Waals surface area contributed by atoms with Crippen molar-refractivity contribution in [2.45, 2.75) is 396 Å². The van der Waals surface area contributed by atoms with Crippen molar-refractivity contribution >= 4 is 26.1 Å². The molecule has 4 heterocycles. The average molecular weight is 2040 g/mol. The van der Waals surface area contributed by atoms with Crippen LogP contribution in [-0.4, -0.2) is 140 Å². The highest BCUT2D eigenvalue weighted by molar-refractivity contribution is 7.89. The smallest absolute Gasteiger partial charge is 0.270 e. The van der Waals surface area contributed by atoms with Crippen molar-refractivity contribution in [2.24, 2.45) is 45.3 Å². The highest BCUT2D eigenvalue weighted by Gasteiger charge is 2.33. The molecular weight excluding hydrogens is 1840 g/mol. The normalized spacial score (nSPS) is 15.5. The predicted octanol–water partition coefficient (Wildman–Crippen LogP) is 21.0. The van der Waals surface area contributed by atoms with Gasteiger partial charge in [0.05, 0.1) is 15.8 Å². The fourth-order valence-electron chi connectivity index (χ4n) is 17.1. The molecule has 7 aromatic carbocycles. The third-order valence-electron chi connectivity index (χ3n) is 27.4. The molecule has 19 nitrogen and oxygen atoms in total. The maximum absolute atomic E-state index is 13.7. The van der Waals surface area contributed by atoms with Crippen LogP contribution in [-0.2, 0) is 103 Å². The Bertz CT molecular complexity index is 5230. The SMILES string of the molecule is CC(C)(C)c1cc(C=C(F)F)cc(CCCCN)c1.CC(C)(C)c1cc(CCCCN)cc(C(NC2CNC2)C(F)F)c1.CC(C)(C)c1cc(CCCCN)cc(C2CC2)c1.CC(C)(C)c1cc(CCCCN)cc(C2CNC2)c1.CC(C)(C)c1cc(CCCCN)cc(S(=O)(=O)NC2CNC2)c1.CC(C)(C)c1cc(CCCCN)cc(S(N)(=O)=O)c1.CC(NC1CNC1)c1cc(CCCCN)cc(C(C)(C)C)c1. The molecule has 0 spiro atoms. The summed E-state index contributed by atoms with van der Waals surface area (Å²) in [5.74, 6) is 1.57. The van der Waals surface area contributed by atoms with E-state index < -0.39 is 38.6 Å². The third kappa shape index (κ3) is 46.0. The molecule has 144 heavy (non-hydrogen) atoms. The van der Waals surface area contributed by atoms with Crippen molar-refractivity contribution in [2.75, 3.05) is 98.2 Å². The van der Waals surface area contributed by atoms with Crippen LogP contribution in [0.2, 0.25) is 0 Å². The topological polar surface area (TPSA) is 361 Å². The van der Waals surface area contributed by atoms with Crippen LogP contribution in [0.25, 0.3) is 6.08 Å². The van der Waals surface area contributed by atoms with Gasteiger partial charge in [-0.2, -0.15) is 8.78 Å². The van der Waals surface area contributed by atoms with Crippen LogP contribution in [0.5, 0.6) is 0 Å². The van der Waals surface area contributed by atoms with E-state index in [1.807, 2.05) is 24.3 Å². The highest BCUT2D eigenvalue weighted by atomic mass is 32.2. The first kappa shape index (κ1) is 126. The first-order valence-corrected chi connectivity index (χ1v) is 57.1. The Morgan fingerprint density at radius 2 is 0.611 bits per heavy atom. The van der Waals surface area contributed by atoms with E-state index in [1.54, 1.807) is 29.8 Å². The summed E-state index contributed by atoms with van der Waals surface area (Å²) in [6.45, 7) is 60.5. The third-order valence-corrected chi connectivity index (χ3v) is 29.8. The first-order valence-electron chi connectivity index (χ1n) is 54.0. The summed E-state index contributed by atoms with van der Waals surface area (Å²) in [6, 6.07) is 44.9. The lowest BCUT2D eigenvalue weighted by Crippen LogP contribution is -2.57. The van der Waals surface area contributed by atoms with Crippen molar-refractivity contribution in [3.63, 3.8) is 0 Å². The molecule has 810 valence electrons. The summed E-state index contributed by atoms with van der Waals surface area (Å²) in [6.07, 6.45) is 21.2. The van der Waals surface area contributed by atoms with E-state index >= 15 is 0 Å². The number of aryl methyl sites for hydroxylation is 7. The van der Waals surface area contributed by atoms with Gasteiger partial charge in [0, 0.05) is 88.5 Å². The van der Waals surface area contributed by atoms with Gasteiger partial charge in [0.2, 0.25) is 20.0 Å². The summed E-state index contributed by atoms with van der Waals surface area (Å²) in [4.78, 5) is 0.572. The molecule has 1 saturated carbocycles. The van der Waals surface area contributed by atoms with Gasteiger partial charge in [-0.25, -0.2) is 35.5 Å². The lowest BCUT2D eigenvalue weighted by Gasteiger charge is -2.33. The van der Waals surface area contributed by atoms with Gasteiger partial charge in [0.25, 0.3) is 12.5 Å². The quantitative estimate of drug-likeness (QED) is 0.0125. The fraction of sp³-hybridized carbons (Fsp3) is 0.630. The van der Waals surface area contributed by atoms with E-state index in [1.165, 1.54) is 83.0 Å². The van der Waals surface area contributed by atoms with Gasteiger partial charge in [0.1, 0.15) is 0 Å². The molecule has 7 aromatic rings. The maximum atomic E-state index is 13.7. The number of alkyl halides is 2. The number of sulfonamides is 2. The van der Waals surface area contributed by atoms with Crippen molar-refractivity contribution in [3.8, 4) is 0 Å². The van der Waals surface area contributed by atoms with Crippen LogP contribution in [0.3, 0.4) is 0 Å². The molecular formula is C119H195F4N15O4S2. The molecule has 0 aromatic heterocycles. The number of unbranched alkanes of at least 4 members (excludes halogenated alkanes) is 7. The Morgan fingerprint density at radius 3 is 0.910 bits per heavy atom. The van der Waals surface area contributed by atoms with Crippen molar-refractivity contribution in [1.29, 1.82) is 0 Å². The molecule has 4 saturated heterocycles. The minimum absolute atomic E-state index is 0.000942. The molecule has 0 bridgehead atoms. The molecule has 23 N–H and O–H groups in total. The standard InChI is InChI=1S/C19H31F2N3.C19H33N3.C17H29N3O2S.C17H28N2.C17H27N.C16H23F2N.C14H24N2O2S/c1-19(2,3)15-9-13(6-4-5-7-22)8-14(10-15)17(18(20)21)24-16-11-23-12-16;1-14(22-18-12-21-13-18)16-9-15(7-5-6-8-20)10-17(11-16)19(2,3)4;1-17(2,3)14-8-13(6-4-5-7-18)9-16(10-14)23(21,22)20-15-11-19-12-15;1-17(2,3)16-9-13(6-4-5-7-18)8-14(10-16)15-11-19-12-15;1-17(2,3)16-11-13(6-4-5-9-18)10-15(12-16)14-7-8-14;1-16(2,3)14-9-12(6-4-5-7-19)8-13(10-14)11-15(17)18;1-14(2,3)12-8-11(6-4-5-7-15)9-13(10-12)19(16,17)18/h8-10,16-18,23-24H,4-7,11-12,22H2,1-3H3;9-11,14,18,21-22H,5-8,12-13,20H2,1-4H3;8-10,15,19-20H,4-7,11-12,18H2,1-3H3;8-10,15,19H,4-7,11-12,18H2,1-3H3;10-12,14H,4-9,18H2,1-3H3;8-11H,4-7,19H2,1-3H3;8-10H,4-7,15H2,1-3H3,(H2,16,17,18). The van der Waals surface area contributed by atoms with Crippen molar-refractivity contribution in [1.82, 2.24) is 36.6 Å². The van der Waals surface area contributed by atoms with Crippen LogP contribution in [0.4, 0.5) is 17.6 Å². The number of hydrogen-bond acceptors (Lipinski definition) is 17. The van der Waals surface area contributed by atoms with Crippen LogP contribution < -0.4 is 81.9 Å². The molecule has 5 fully saturated rings. The van der Waals surface area contributed by atoms with Crippen molar-refractivity contribution < 1.29 is 34.4 Å². The Balaban J connectivity index is 0.000000258. The zero-order valence-corrected chi connectivity index (χ0v) is 94.4. The van der Waals surface area contributed by atoms with Crippen LogP contribution in [0.15, 0.2) is 143 Å². The molecule has 0 amide bonds. The van der Waals surface area contributed by atoms with E-state index in [0.717, 1.165) is 230 Å². The Morgan fingerprint density at radius 1 is 0.333 bits per heavy atom. The summed E-state index contributed by atoms with van der Waals surface area (Å²) >= 11 is 0. The summed E-state index contributed by atoms with van der Waals surface area (Å²) in [5.41, 5.74) is 62.5. The van der Waals surface area contributed by atoms with E-state index in [-0.39, 0.29) is 54.9 Å². The number of halogens is 4. The van der Waals surface area contributed by atoms with Gasteiger partial charge in [0.15, 0.2) is 0 Å². The van der Waals surface area contributed by atoms with Gasteiger partial charge in [-0.15, -0.1) is 0 Å². The molecule has 0 radical (unpaired) electrons. The fourth-order valence-corrected chi connectivity index (χ4v) is 19.1. The monoisotopic (exact) mass is 2040 g/mol. The largest absolute Gasteiger partial charge is 0.330 e. The number of hydrogen-bond donors (Lipinski definition) is 15. The van der Waals surface area contributed by atoms with Gasteiger partial charge in [-0.05, 0) is 374 Å². The van der Waals surface area contributed by atoms with E-state index in [4.69, 9.17) is 45.3 Å². The van der Waals surface area contributed by atoms with E-state index in [2.05, 4.69) is 268 Å². The van der Waals surface area contributed by atoms with Crippen LogP contribution >= 0.6 is 0 Å². The first-order chi connectivity index (χ1) is 67.4. The molecule has 2 atom stereocenters. The summed E-state index contributed by atoms with van der Waals surface area (Å²) in [5, 5.41) is 25.0. The number of benzene rings is 7. The Hall–Kier alpha value is -6.70. The second kappa shape index (κ2) is 59.8. The predicted molar refractivity (Wildman–Crippen MR) is 603 cm³/mol. The van der Waals surface area contributed by atoms with Gasteiger partial charge < -0.3 is 66.7 Å². The van der Waals surface area contributed by atoms with Gasteiger partial charge >= 0.3 is 0 Å².